The maximum atomic E-state index is 12.3. The maximum absolute atomic E-state index is 12.3. The first kappa shape index (κ1) is 14.8. The molecule has 3 heterocycles. The van der Waals surface area contributed by atoms with E-state index in [-0.39, 0.29) is 12.0 Å². The van der Waals surface area contributed by atoms with Gasteiger partial charge in [0.15, 0.2) is 5.76 Å². The third-order valence-corrected chi connectivity index (χ3v) is 4.35. The predicted molar refractivity (Wildman–Crippen MR) is 90.0 cm³/mol. The molecular formula is C19H18N2O3. The molecular weight excluding hydrogens is 304 g/mol. The minimum Gasteiger partial charge on any atom is -0.488 e. The number of nitrogens with zero attached hydrogens (tertiary/aromatic N) is 2. The van der Waals surface area contributed by atoms with Gasteiger partial charge in [-0.2, -0.15) is 0 Å². The van der Waals surface area contributed by atoms with Gasteiger partial charge in [-0.15, -0.1) is 0 Å². The molecule has 0 atom stereocenters. The van der Waals surface area contributed by atoms with Crippen LogP contribution in [0, 0.1) is 0 Å². The lowest BCUT2D eigenvalue weighted by Crippen LogP contribution is -2.41. The Bertz CT molecular complexity index is 831. The number of aromatic nitrogens is 1. The number of furan rings is 1. The first-order valence-corrected chi connectivity index (χ1v) is 8.14. The van der Waals surface area contributed by atoms with E-state index in [2.05, 4.69) is 4.98 Å². The Morgan fingerprint density at radius 3 is 2.75 bits per heavy atom. The molecule has 1 aliphatic heterocycles. The molecule has 0 bridgehead atoms. The Hall–Kier alpha value is -2.82. The highest BCUT2D eigenvalue weighted by Crippen LogP contribution is 2.26. The summed E-state index contributed by atoms with van der Waals surface area (Å²) in [4.78, 5) is 18.5. The second-order valence-corrected chi connectivity index (χ2v) is 5.92. The Morgan fingerprint density at radius 2 is 1.96 bits per heavy atom. The first-order chi connectivity index (χ1) is 11.8. The zero-order valence-corrected chi connectivity index (χ0v) is 13.2. The molecule has 122 valence electrons. The van der Waals surface area contributed by atoms with E-state index in [1.807, 2.05) is 35.2 Å². The van der Waals surface area contributed by atoms with Crippen molar-refractivity contribution in [3.05, 3.63) is 60.7 Å². The van der Waals surface area contributed by atoms with Crippen LogP contribution < -0.4 is 4.74 Å². The zero-order valence-electron chi connectivity index (χ0n) is 13.2. The zero-order chi connectivity index (χ0) is 16.4. The topological polar surface area (TPSA) is 55.6 Å². The van der Waals surface area contributed by atoms with Crippen LogP contribution in [0.5, 0.6) is 5.75 Å². The highest BCUT2D eigenvalue weighted by Gasteiger charge is 2.26. The number of piperidine rings is 1. The smallest absolute Gasteiger partial charge is 0.289 e. The average molecular weight is 322 g/mol. The fourth-order valence-corrected chi connectivity index (χ4v) is 3.08. The van der Waals surface area contributed by atoms with Crippen LogP contribution in [-0.2, 0) is 0 Å². The summed E-state index contributed by atoms with van der Waals surface area (Å²) in [6.45, 7) is 1.34. The number of para-hydroxylation sites is 1. The molecule has 4 rings (SSSR count). The van der Waals surface area contributed by atoms with E-state index < -0.39 is 0 Å². The summed E-state index contributed by atoms with van der Waals surface area (Å²) >= 11 is 0. The van der Waals surface area contributed by atoms with E-state index in [4.69, 9.17) is 9.15 Å². The fraction of sp³-hybridized carbons (Fsp3) is 0.263. The van der Waals surface area contributed by atoms with Gasteiger partial charge in [0.05, 0.1) is 6.26 Å². The molecule has 1 fully saturated rings. The monoisotopic (exact) mass is 322 g/mol. The van der Waals surface area contributed by atoms with Crippen LogP contribution in [0.4, 0.5) is 0 Å². The van der Waals surface area contributed by atoms with Gasteiger partial charge in [-0.25, -0.2) is 0 Å². The Morgan fingerprint density at radius 1 is 1.12 bits per heavy atom. The van der Waals surface area contributed by atoms with Crippen LogP contribution in [0.2, 0.25) is 0 Å². The molecule has 5 heteroatoms. The molecule has 0 radical (unpaired) electrons. The number of benzene rings is 1. The van der Waals surface area contributed by atoms with Crippen LogP contribution in [0.1, 0.15) is 23.4 Å². The molecule has 3 aromatic rings. The van der Waals surface area contributed by atoms with E-state index in [9.17, 15) is 4.79 Å². The van der Waals surface area contributed by atoms with Crippen molar-refractivity contribution in [2.75, 3.05) is 13.1 Å². The van der Waals surface area contributed by atoms with E-state index in [0.717, 1.165) is 29.5 Å². The van der Waals surface area contributed by atoms with Crippen molar-refractivity contribution in [2.45, 2.75) is 18.9 Å². The van der Waals surface area contributed by atoms with Gasteiger partial charge in [0.2, 0.25) is 0 Å². The Balaban J connectivity index is 1.42. The number of pyridine rings is 1. The van der Waals surface area contributed by atoms with Crippen molar-refractivity contribution in [3.8, 4) is 5.75 Å². The molecule has 0 saturated carbocycles. The van der Waals surface area contributed by atoms with Crippen molar-refractivity contribution < 1.29 is 13.9 Å². The quantitative estimate of drug-likeness (QED) is 0.740. The SMILES string of the molecule is O=C(c1ccco1)N1CCC(Oc2cccc3cccnc23)CC1. The maximum Gasteiger partial charge on any atom is 0.289 e. The number of ether oxygens (including phenoxy) is 1. The van der Waals surface area contributed by atoms with Gasteiger partial charge in [0.25, 0.3) is 5.91 Å². The number of carbonyl (C=O) groups is 1. The summed E-state index contributed by atoms with van der Waals surface area (Å²) in [7, 11) is 0. The molecule has 5 nitrogen and oxygen atoms in total. The number of amides is 1. The number of fused-ring (bicyclic) bond motifs is 1. The van der Waals surface area contributed by atoms with Crippen molar-refractivity contribution in [1.82, 2.24) is 9.88 Å². The molecule has 0 spiro atoms. The van der Waals surface area contributed by atoms with Gasteiger partial charge in [0.1, 0.15) is 17.4 Å². The van der Waals surface area contributed by atoms with Crippen molar-refractivity contribution >= 4 is 16.8 Å². The largest absolute Gasteiger partial charge is 0.488 e. The van der Waals surface area contributed by atoms with Crippen LogP contribution in [0.25, 0.3) is 10.9 Å². The summed E-state index contributed by atoms with van der Waals surface area (Å²) in [5, 5.41) is 1.07. The molecule has 24 heavy (non-hydrogen) atoms. The van der Waals surface area contributed by atoms with Crippen molar-refractivity contribution in [2.24, 2.45) is 0 Å². The lowest BCUT2D eigenvalue weighted by atomic mass is 10.1. The number of rotatable bonds is 3. The first-order valence-electron chi connectivity index (χ1n) is 8.14. The second kappa shape index (κ2) is 6.35. The van der Waals surface area contributed by atoms with E-state index >= 15 is 0 Å². The van der Waals surface area contributed by atoms with Crippen LogP contribution in [-0.4, -0.2) is 35.0 Å². The molecule has 1 aliphatic rings. The van der Waals surface area contributed by atoms with Crippen LogP contribution >= 0.6 is 0 Å². The molecule has 1 amide bonds. The standard InChI is InChI=1S/C19H18N2O3/c22-19(17-7-3-13-23-17)21-11-8-15(9-12-21)24-16-6-1-4-14-5-2-10-20-18(14)16/h1-7,10,13,15H,8-9,11-12H2. The second-order valence-electron chi connectivity index (χ2n) is 5.92. The van der Waals surface area contributed by atoms with Gasteiger partial charge in [-0.05, 0) is 24.3 Å². The molecule has 1 saturated heterocycles. The van der Waals surface area contributed by atoms with Crippen LogP contribution in [0.15, 0.2) is 59.3 Å². The minimum absolute atomic E-state index is 0.0507. The van der Waals surface area contributed by atoms with Crippen LogP contribution in [0.3, 0.4) is 0 Å². The number of carbonyl (C=O) groups excluding carboxylic acids is 1. The minimum atomic E-state index is -0.0507. The number of hydrogen-bond donors (Lipinski definition) is 0. The van der Waals surface area contributed by atoms with E-state index in [0.29, 0.717) is 18.8 Å². The highest BCUT2D eigenvalue weighted by atomic mass is 16.5. The molecule has 0 aliphatic carbocycles. The van der Waals surface area contributed by atoms with E-state index in [1.165, 1.54) is 6.26 Å². The predicted octanol–water partition coefficient (Wildman–Crippen LogP) is 3.51. The van der Waals surface area contributed by atoms with Crippen molar-refractivity contribution in [1.29, 1.82) is 0 Å². The third-order valence-electron chi connectivity index (χ3n) is 4.35. The normalized spacial score (nSPS) is 15.6. The lowest BCUT2D eigenvalue weighted by Gasteiger charge is -2.31. The Kier molecular flexibility index (Phi) is 3.91. The molecule has 1 aromatic carbocycles. The van der Waals surface area contributed by atoms with Gasteiger partial charge in [0, 0.05) is 37.5 Å². The van der Waals surface area contributed by atoms with E-state index in [1.54, 1.807) is 18.3 Å². The van der Waals surface area contributed by atoms with Gasteiger partial charge >= 0.3 is 0 Å². The summed E-state index contributed by atoms with van der Waals surface area (Å²) in [6.07, 6.45) is 5.00. The molecule has 0 N–H and O–H groups in total. The summed E-state index contributed by atoms with van der Waals surface area (Å²) in [5.41, 5.74) is 0.883. The number of hydrogen-bond acceptors (Lipinski definition) is 4. The summed E-state index contributed by atoms with van der Waals surface area (Å²) < 4.78 is 11.4. The lowest BCUT2D eigenvalue weighted by molar-refractivity contribution is 0.0569. The highest BCUT2D eigenvalue weighted by molar-refractivity contribution is 5.91. The summed E-state index contributed by atoms with van der Waals surface area (Å²) in [5.74, 6) is 1.15. The Labute approximate surface area is 139 Å². The average Bonchev–Trinajstić information content (AvgIpc) is 3.17. The fourth-order valence-electron chi connectivity index (χ4n) is 3.08. The summed E-state index contributed by atoms with van der Waals surface area (Å²) in [6, 6.07) is 13.3. The van der Waals surface area contributed by atoms with Crippen molar-refractivity contribution in [3.63, 3.8) is 0 Å². The van der Waals surface area contributed by atoms with Gasteiger partial charge < -0.3 is 14.1 Å². The molecule has 2 aromatic heterocycles. The third kappa shape index (κ3) is 2.85. The molecule has 0 unspecified atom stereocenters. The van der Waals surface area contributed by atoms with Gasteiger partial charge in [-0.1, -0.05) is 18.2 Å². The van der Waals surface area contributed by atoms with Gasteiger partial charge in [-0.3, -0.25) is 9.78 Å². The number of likely N-dealkylation sites (tertiary alicyclic amines) is 1.